The topological polar surface area (TPSA) is 65.9 Å². The molecule has 0 aliphatic rings. The summed E-state index contributed by atoms with van der Waals surface area (Å²) in [6.07, 6.45) is 33.6. The molecule has 0 saturated carbocycles. The van der Waals surface area contributed by atoms with E-state index in [9.17, 15) is 4.79 Å². The third kappa shape index (κ3) is 34.0. The zero-order chi connectivity index (χ0) is 36.9. The first-order valence-electron chi connectivity index (χ1n) is 22.1. The van der Waals surface area contributed by atoms with E-state index in [1.54, 1.807) is 0 Å². The first-order valence-corrected chi connectivity index (χ1v) is 22.1. The second-order valence-corrected chi connectivity index (χ2v) is 15.8. The lowest BCUT2D eigenvalue weighted by Crippen LogP contribution is -2.33. The minimum atomic E-state index is 0.0148. The van der Waals surface area contributed by atoms with Crippen LogP contribution in [0, 0.1) is 17.2 Å². The van der Waals surface area contributed by atoms with Crippen LogP contribution in [0.1, 0.15) is 207 Å². The molecule has 0 aromatic heterocycles. The number of nitrogens with one attached hydrogen (secondary N) is 1. The van der Waals surface area contributed by atoms with E-state index in [-0.39, 0.29) is 5.97 Å². The summed E-state index contributed by atoms with van der Waals surface area (Å²) in [5.74, 6) is 1.70. The number of hydrogen-bond acceptors (Lipinski definition) is 6. The van der Waals surface area contributed by atoms with Crippen LogP contribution in [-0.4, -0.2) is 75.2 Å². The number of rotatable bonds is 39. The van der Waals surface area contributed by atoms with E-state index in [2.05, 4.69) is 51.6 Å². The van der Waals surface area contributed by atoms with Crippen molar-refractivity contribution >= 4 is 11.9 Å². The average molecular weight is 708 g/mol. The summed E-state index contributed by atoms with van der Waals surface area (Å²) in [7, 11) is 4.34. The normalized spacial score (nSPS) is 12.9. The highest BCUT2D eigenvalue weighted by molar-refractivity contribution is 5.72. The standard InChI is InChI=1S/C44H89N3O3/c1-7-11-15-23-31-41(29-13-9-3)39-49-43(45)33-25-19-17-21-27-35-47(38-37-46(5)6)36-28-22-18-20-26-34-44(48)50-40-42(30-14-10-4)32-24-16-12-8-2/h41-42,45H,7-40H2,1-6H3. The lowest BCUT2D eigenvalue weighted by atomic mass is 9.96. The fourth-order valence-electron chi connectivity index (χ4n) is 6.86. The minimum Gasteiger partial charge on any atom is -0.481 e. The van der Waals surface area contributed by atoms with Crippen LogP contribution in [0.25, 0.3) is 0 Å². The highest BCUT2D eigenvalue weighted by Crippen LogP contribution is 2.20. The van der Waals surface area contributed by atoms with Gasteiger partial charge in [-0.15, -0.1) is 0 Å². The van der Waals surface area contributed by atoms with Crippen molar-refractivity contribution in [2.45, 2.75) is 207 Å². The molecule has 0 fully saturated rings. The van der Waals surface area contributed by atoms with Crippen LogP contribution in [0.2, 0.25) is 0 Å². The van der Waals surface area contributed by atoms with Crippen molar-refractivity contribution in [2.75, 3.05) is 53.5 Å². The first kappa shape index (κ1) is 48.9. The highest BCUT2D eigenvalue weighted by Gasteiger charge is 2.13. The third-order valence-corrected chi connectivity index (χ3v) is 10.4. The molecule has 0 heterocycles. The molecule has 0 aromatic rings. The molecule has 0 amide bonds. The molecular formula is C44H89N3O3. The van der Waals surface area contributed by atoms with E-state index in [0.29, 0.717) is 30.8 Å². The monoisotopic (exact) mass is 708 g/mol. The highest BCUT2D eigenvalue weighted by atomic mass is 16.5. The number of likely N-dealkylation sites (N-methyl/N-ethyl adjacent to an activating group) is 1. The van der Waals surface area contributed by atoms with Crippen molar-refractivity contribution in [2.24, 2.45) is 11.8 Å². The second-order valence-electron chi connectivity index (χ2n) is 15.8. The summed E-state index contributed by atoms with van der Waals surface area (Å²) in [5.41, 5.74) is 0. The number of ether oxygens (including phenoxy) is 2. The van der Waals surface area contributed by atoms with Gasteiger partial charge in [-0.05, 0) is 90.4 Å². The molecule has 0 aliphatic heterocycles. The Labute approximate surface area is 313 Å². The Hall–Kier alpha value is -1.14. The van der Waals surface area contributed by atoms with Gasteiger partial charge in [-0.1, -0.05) is 143 Å². The van der Waals surface area contributed by atoms with E-state index in [0.717, 1.165) is 45.4 Å². The minimum absolute atomic E-state index is 0.0148. The number of nitrogens with zero attached hydrogens (tertiary/aromatic N) is 2. The van der Waals surface area contributed by atoms with Gasteiger partial charge in [0.2, 0.25) is 0 Å². The first-order chi connectivity index (χ1) is 24.4. The van der Waals surface area contributed by atoms with E-state index >= 15 is 0 Å². The fraction of sp³-hybridized carbons (Fsp3) is 0.955. The Morgan fingerprint density at radius 3 is 1.40 bits per heavy atom. The fourth-order valence-corrected chi connectivity index (χ4v) is 6.86. The Morgan fingerprint density at radius 2 is 0.900 bits per heavy atom. The zero-order valence-electron chi connectivity index (χ0n) is 34.8. The summed E-state index contributed by atoms with van der Waals surface area (Å²) in [4.78, 5) is 17.3. The number of unbranched alkanes of at least 4 members (excludes halogenated alkanes) is 16. The number of hydrogen-bond donors (Lipinski definition) is 1. The molecule has 0 aromatic carbocycles. The largest absolute Gasteiger partial charge is 0.481 e. The van der Waals surface area contributed by atoms with E-state index in [1.165, 1.54) is 161 Å². The molecule has 1 N–H and O–H groups in total. The Balaban J connectivity index is 4.09. The van der Waals surface area contributed by atoms with Crippen LogP contribution in [0.5, 0.6) is 0 Å². The maximum absolute atomic E-state index is 12.4. The molecule has 0 rings (SSSR count). The summed E-state index contributed by atoms with van der Waals surface area (Å²) >= 11 is 0. The summed E-state index contributed by atoms with van der Waals surface area (Å²) < 4.78 is 11.7. The summed E-state index contributed by atoms with van der Waals surface area (Å²) in [6.45, 7) is 15.1. The quantitative estimate of drug-likeness (QED) is 0.0298. The maximum Gasteiger partial charge on any atom is 0.305 e. The average Bonchev–Trinajstić information content (AvgIpc) is 3.10. The molecule has 298 valence electrons. The van der Waals surface area contributed by atoms with Gasteiger partial charge in [-0.2, -0.15) is 0 Å². The molecular weight excluding hydrogens is 619 g/mol. The zero-order valence-corrected chi connectivity index (χ0v) is 34.8. The van der Waals surface area contributed by atoms with Gasteiger partial charge < -0.3 is 19.3 Å². The predicted octanol–water partition coefficient (Wildman–Crippen LogP) is 12.6. The molecule has 0 spiro atoms. The van der Waals surface area contributed by atoms with Gasteiger partial charge in [-0.25, -0.2) is 0 Å². The van der Waals surface area contributed by atoms with Gasteiger partial charge in [-0.3, -0.25) is 10.2 Å². The molecule has 0 radical (unpaired) electrons. The smallest absolute Gasteiger partial charge is 0.305 e. The van der Waals surface area contributed by atoms with Crippen molar-refractivity contribution in [3.8, 4) is 0 Å². The van der Waals surface area contributed by atoms with Crippen LogP contribution in [0.3, 0.4) is 0 Å². The second kappa shape index (κ2) is 37.6. The molecule has 0 saturated heterocycles. The number of carbonyl (C=O) groups excluding carboxylic acids is 1. The maximum atomic E-state index is 12.4. The Bertz CT molecular complexity index is 677. The van der Waals surface area contributed by atoms with Gasteiger partial charge in [0, 0.05) is 25.9 Å². The SMILES string of the molecule is CCCCCCC(CCCC)COC(=N)CCCCCCCN(CCCCCCCC(=O)OCC(CCCC)CCCCCC)CCN(C)C. The van der Waals surface area contributed by atoms with Gasteiger partial charge >= 0.3 is 5.97 Å². The van der Waals surface area contributed by atoms with E-state index < -0.39 is 0 Å². The Kier molecular flexibility index (Phi) is 36.8. The molecule has 6 heteroatoms. The molecule has 0 bridgehead atoms. The van der Waals surface area contributed by atoms with Crippen LogP contribution < -0.4 is 0 Å². The van der Waals surface area contributed by atoms with E-state index in [4.69, 9.17) is 14.9 Å². The molecule has 50 heavy (non-hydrogen) atoms. The number of carbonyl (C=O) groups is 1. The Morgan fingerprint density at radius 1 is 0.480 bits per heavy atom. The molecule has 0 aliphatic carbocycles. The lowest BCUT2D eigenvalue weighted by molar-refractivity contribution is -0.145. The predicted molar refractivity (Wildman–Crippen MR) is 219 cm³/mol. The van der Waals surface area contributed by atoms with Crippen LogP contribution >= 0.6 is 0 Å². The van der Waals surface area contributed by atoms with Crippen LogP contribution in [0.4, 0.5) is 0 Å². The summed E-state index contributed by atoms with van der Waals surface area (Å²) in [6, 6.07) is 0. The van der Waals surface area contributed by atoms with Crippen molar-refractivity contribution in [1.29, 1.82) is 5.41 Å². The van der Waals surface area contributed by atoms with Gasteiger partial charge in [0.1, 0.15) is 0 Å². The van der Waals surface area contributed by atoms with Crippen LogP contribution in [0.15, 0.2) is 0 Å². The lowest BCUT2D eigenvalue weighted by Gasteiger charge is -2.24. The van der Waals surface area contributed by atoms with E-state index in [1.807, 2.05) is 0 Å². The van der Waals surface area contributed by atoms with Gasteiger partial charge in [0.05, 0.1) is 13.2 Å². The van der Waals surface area contributed by atoms with Gasteiger partial charge in [0.15, 0.2) is 5.90 Å². The van der Waals surface area contributed by atoms with Crippen molar-refractivity contribution in [3.05, 3.63) is 0 Å². The van der Waals surface area contributed by atoms with Crippen molar-refractivity contribution < 1.29 is 14.3 Å². The van der Waals surface area contributed by atoms with Crippen molar-refractivity contribution in [3.63, 3.8) is 0 Å². The number of esters is 1. The van der Waals surface area contributed by atoms with Crippen LogP contribution in [-0.2, 0) is 14.3 Å². The summed E-state index contributed by atoms with van der Waals surface area (Å²) in [5, 5.41) is 8.32. The third-order valence-electron chi connectivity index (χ3n) is 10.4. The molecule has 2 unspecified atom stereocenters. The van der Waals surface area contributed by atoms with Crippen molar-refractivity contribution in [1.82, 2.24) is 9.80 Å². The van der Waals surface area contributed by atoms with Gasteiger partial charge in [0.25, 0.3) is 0 Å². The molecule has 2 atom stereocenters. The molecule has 6 nitrogen and oxygen atoms in total.